The maximum Gasteiger partial charge on any atom is 0.546 e. The average molecular weight is 191 g/mol. The van der Waals surface area contributed by atoms with Gasteiger partial charge in [-0.15, -0.1) is 0 Å². The summed E-state index contributed by atoms with van der Waals surface area (Å²) in [5.74, 6) is 0. The zero-order valence-corrected chi connectivity index (χ0v) is 7.74. The van der Waals surface area contributed by atoms with Gasteiger partial charge in [-0.3, -0.25) is 0 Å². The average Bonchev–Trinajstić information content (AvgIpc) is 2.17. The Morgan fingerprint density at radius 3 is 2.46 bits per heavy atom. The molecule has 0 heterocycles. The highest BCUT2D eigenvalue weighted by atomic mass is 31.1. The fourth-order valence-corrected chi connectivity index (χ4v) is 2.00. The number of hydrogen-bond donors (Lipinski definition) is 1. The molecule has 2 aromatic rings. The Morgan fingerprint density at radius 1 is 1.00 bits per heavy atom. The molecular formula is C10H8O2P+. The van der Waals surface area contributed by atoms with E-state index in [1.54, 1.807) is 12.1 Å². The van der Waals surface area contributed by atoms with E-state index in [0.717, 1.165) is 10.8 Å². The molecular weight excluding hydrogens is 183 g/mol. The smallest absolute Gasteiger partial charge is 0.156 e. The molecule has 64 valence electrons. The molecule has 0 saturated carbocycles. The molecule has 1 N–H and O–H groups in total. The summed E-state index contributed by atoms with van der Waals surface area (Å²) in [6, 6.07) is 13.0. The molecule has 1 atom stereocenters. The zero-order chi connectivity index (χ0) is 9.26. The van der Waals surface area contributed by atoms with Gasteiger partial charge in [-0.05, 0) is 22.1 Å². The molecule has 2 nitrogen and oxygen atoms in total. The minimum Gasteiger partial charge on any atom is -0.156 e. The van der Waals surface area contributed by atoms with Gasteiger partial charge in [0.2, 0.25) is 5.30 Å². The van der Waals surface area contributed by atoms with Gasteiger partial charge in [0.25, 0.3) is 0 Å². The van der Waals surface area contributed by atoms with Crippen molar-refractivity contribution < 1.29 is 9.46 Å². The lowest BCUT2D eigenvalue weighted by molar-refractivity contribution is 0.513. The Bertz CT molecular complexity index is 460. The predicted octanol–water partition coefficient (Wildman–Crippen LogP) is 2.20. The van der Waals surface area contributed by atoms with Crippen molar-refractivity contribution in [1.82, 2.24) is 0 Å². The highest BCUT2D eigenvalue weighted by Crippen LogP contribution is 2.20. The fraction of sp³-hybridized carbons (Fsp3) is 0. The normalized spacial score (nSPS) is 11.6. The Kier molecular flexibility index (Phi) is 2.09. The van der Waals surface area contributed by atoms with E-state index in [9.17, 15) is 4.57 Å². The molecule has 0 aliphatic carbocycles. The molecule has 2 aromatic carbocycles. The minimum atomic E-state index is -2.25. The van der Waals surface area contributed by atoms with Crippen LogP contribution in [0.25, 0.3) is 10.8 Å². The first-order valence-electron chi connectivity index (χ1n) is 3.93. The lowest BCUT2D eigenvalue weighted by atomic mass is 10.1. The lowest BCUT2D eigenvalue weighted by Crippen LogP contribution is -1.96. The van der Waals surface area contributed by atoms with Gasteiger partial charge in [-0.1, -0.05) is 30.3 Å². The van der Waals surface area contributed by atoms with Crippen LogP contribution in [0.3, 0.4) is 0 Å². The van der Waals surface area contributed by atoms with Gasteiger partial charge >= 0.3 is 8.03 Å². The third-order valence-electron chi connectivity index (χ3n) is 1.97. The Morgan fingerprint density at radius 2 is 1.69 bits per heavy atom. The largest absolute Gasteiger partial charge is 0.546 e. The number of hydrogen-bond acceptors (Lipinski definition) is 1. The first-order valence-corrected chi connectivity index (χ1v) is 5.14. The van der Waals surface area contributed by atoms with E-state index >= 15 is 0 Å². The van der Waals surface area contributed by atoms with Crippen LogP contribution in [-0.2, 0) is 4.57 Å². The molecule has 0 aromatic heterocycles. The van der Waals surface area contributed by atoms with E-state index in [1.807, 2.05) is 30.3 Å². The molecule has 0 amide bonds. The predicted molar refractivity (Wildman–Crippen MR) is 53.4 cm³/mol. The van der Waals surface area contributed by atoms with Crippen molar-refractivity contribution in [2.75, 3.05) is 0 Å². The highest BCUT2D eigenvalue weighted by molar-refractivity contribution is 7.48. The molecule has 0 aliphatic heterocycles. The number of fused-ring (bicyclic) bond motifs is 1. The SMILES string of the molecule is O=[P+](O)c1cccc2ccccc12. The van der Waals surface area contributed by atoms with Crippen molar-refractivity contribution in [3.8, 4) is 0 Å². The van der Waals surface area contributed by atoms with Crippen LogP contribution >= 0.6 is 8.03 Å². The van der Waals surface area contributed by atoms with Gasteiger partial charge < -0.3 is 0 Å². The molecule has 0 spiro atoms. The van der Waals surface area contributed by atoms with Gasteiger partial charge in [-0.25, -0.2) is 0 Å². The summed E-state index contributed by atoms with van der Waals surface area (Å²) in [4.78, 5) is 9.03. The van der Waals surface area contributed by atoms with Gasteiger partial charge in [0.1, 0.15) is 0 Å². The summed E-state index contributed by atoms with van der Waals surface area (Å²) < 4.78 is 11.0. The maximum absolute atomic E-state index is 11.0. The van der Waals surface area contributed by atoms with Crippen LogP contribution in [0.2, 0.25) is 0 Å². The quantitative estimate of drug-likeness (QED) is 0.701. The molecule has 1 unspecified atom stereocenters. The van der Waals surface area contributed by atoms with E-state index in [0.29, 0.717) is 5.30 Å². The number of benzene rings is 2. The van der Waals surface area contributed by atoms with Crippen molar-refractivity contribution in [3.63, 3.8) is 0 Å². The summed E-state index contributed by atoms with van der Waals surface area (Å²) in [6.45, 7) is 0. The van der Waals surface area contributed by atoms with Crippen molar-refractivity contribution in [2.24, 2.45) is 0 Å². The third kappa shape index (κ3) is 1.46. The molecule has 0 aliphatic rings. The minimum absolute atomic E-state index is 0.508. The van der Waals surface area contributed by atoms with E-state index in [4.69, 9.17) is 4.89 Å². The van der Waals surface area contributed by atoms with Crippen molar-refractivity contribution in [2.45, 2.75) is 0 Å². The van der Waals surface area contributed by atoms with Crippen LogP contribution in [0.5, 0.6) is 0 Å². The van der Waals surface area contributed by atoms with E-state index in [2.05, 4.69) is 0 Å². The summed E-state index contributed by atoms with van der Waals surface area (Å²) in [5, 5.41) is 2.36. The van der Waals surface area contributed by atoms with Gasteiger partial charge in [0, 0.05) is 5.39 Å². The van der Waals surface area contributed by atoms with E-state index < -0.39 is 8.03 Å². The fourth-order valence-electron chi connectivity index (χ4n) is 1.38. The Labute approximate surface area is 76.7 Å². The van der Waals surface area contributed by atoms with Gasteiger partial charge in [0.05, 0.1) is 0 Å². The summed E-state index contributed by atoms with van der Waals surface area (Å²) >= 11 is 0. The molecule has 0 bridgehead atoms. The first-order chi connectivity index (χ1) is 6.29. The van der Waals surface area contributed by atoms with Crippen molar-refractivity contribution >= 4 is 24.1 Å². The summed E-state index contributed by atoms with van der Waals surface area (Å²) in [7, 11) is -2.25. The van der Waals surface area contributed by atoms with Crippen LogP contribution < -0.4 is 5.30 Å². The molecule has 0 saturated heterocycles. The molecule has 0 fully saturated rings. The highest BCUT2D eigenvalue weighted by Gasteiger charge is 2.18. The van der Waals surface area contributed by atoms with Crippen molar-refractivity contribution in [3.05, 3.63) is 42.5 Å². The van der Waals surface area contributed by atoms with Crippen LogP contribution in [0.15, 0.2) is 42.5 Å². The summed E-state index contributed by atoms with van der Waals surface area (Å²) in [5.41, 5.74) is 0. The van der Waals surface area contributed by atoms with Crippen molar-refractivity contribution in [1.29, 1.82) is 0 Å². The number of rotatable bonds is 1. The Balaban J connectivity index is 2.83. The topological polar surface area (TPSA) is 37.3 Å². The Hall–Kier alpha value is -1.24. The maximum atomic E-state index is 11.0. The van der Waals surface area contributed by atoms with Gasteiger partial charge in [0.15, 0.2) is 0 Å². The molecule has 2 rings (SSSR count). The second kappa shape index (κ2) is 3.25. The van der Waals surface area contributed by atoms with Crippen LogP contribution in [0.1, 0.15) is 0 Å². The van der Waals surface area contributed by atoms with Crippen LogP contribution in [-0.4, -0.2) is 4.89 Å². The van der Waals surface area contributed by atoms with Crippen LogP contribution in [0, 0.1) is 0 Å². The first kappa shape index (κ1) is 8.36. The molecule has 3 heteroatoms. The standard InChI is InChI=1S/C10H7O2P/c11-13(12)10-7-3-5-8-4-1-2-6-9(8)10/h1-7H/p+1. The molecule has 0 radical (unpaired) electrons. The van der Waals surface area contributed by atoms with Crippen LogP contribution in [0.4, 0.5) is 0 Å². The second-order valence-electron chi connectivity index (χ2n) is 2.77. The zero-order valence-electron chi connectivity index (χ0n) is 6.84. The molecule has 13 heavy (non-hydrogen) atoms. The second-order valence-corrected chi connectivity index (χ2v) is 3.80. The summed E-state index contributed by atoms with van der Waals surface area (Å²) in [6.07, 6.45) is 0. The van der Waals surface area contributed by atoms with Gasteiger partial charge in [-0.2, -0.15) is 4.89 Å². The van der Waals surface area contributed by atoms with E-state index in [-0.39, 0.29) is 0 Å². The monoisotopic (exact) mass is 191 g/mol. The lowest BCUT2D eigenvalue weighted by Gasteiger charge is -1.94. The third-order valence-corrected chi connectivity index (χ3v) is 2.77. The van der Waals surface area contributed by atoms with E-state index in [1.165, 1.54) is 0 Å².